The first-order valence-corrected chi connectivity index (χ1v) is 8.57. The molecule has 1 atom stereocenters. The Morgan fingerprint density at radius 1 is 1.19 bits per heavy atom. The molecule has 8 heteroatoms. The molecule has 0 aliphatic heterocycles. The molecule has 4 nitrogen and oxygen atoms in total. The van der Waals surface area contributed by atoms with Crippen LogP contribution in [0.1, 0.15) is 34.8 Å². The number of hydrogen-bond acceptors (Lipinski definition) is 2. The van der Waals surface area contributed by atoms with E-state index in [1.807, 2.05) is 6.07 Å². The Hall–Kier alpha value is -2.35. The Morgan fingerprint density at radius 2 is 1.88 bits per heavy atom. The van der Waals surface area contributed by atoms with Crippen LogP contribution in [-0.4, -0.2) is 27.0 Å². The first kappa shape index (κ1) is 18.4. The third kappa shape index (κ3) is 4.07. The number of alkyl halides is 3. The quantitative estimate of drug-likeness (QED) is 0.591. The van der Waals surface area contributed by atoms with E-state index in [0.717, 1.165) is 9.86 Å². The van der Waals surface area contributed by atoms with E-state index < -0.39 is 24.6 Å². The number of carboxylic acid groups (broad SMARTS) is 1. The third-order valence-electron chi connectivity index (χ3n) is 4.10. The van der Waals surface area contributed by atoms with Crippen molar-refractivity contribution in [3.63, 3.8) is 0 Å². The fourth-order valence-corrected chi connectivity index (χ4v) is 3.23. The second-order valence-electron chi connectivity index (χ2n) is 5.89. The number of hydrogen-bond donors (Lipinski definition) is 1. The topological polar surface area (TPSA) is 55.1 Å². The van der Waals surface area contributed by atoms with E-state index >= 15 is 0 Å². The fourth-order valence-electron chi connectivity index (χ4n) is 2.85. The van der Waals surface area contributed by atoms with Crippen LogP contribution in [0.5, 0.6) is 0 Å². The van der Waals surface area contributed by atoms with E-state index in [-0.39, 0.29) is 12.0 Å². The maximum absolute atomic E-state index is 12.8. The predicted octanol–water partition coefficient (Wildman–Crippen LogP) is 5.43. The number of aromatic nitrogens is 2. The zero-order chi connectivity index (χ0) is 18.9. The highest BCUT2D eigenvalue weighted by atomic mass is 79.9. The molecule has 3 aromatic rings. The second kappa shape index (κ2) is 7.11. The van der Waals surface area contributed by atoms with Gasteiger partial charge in [-0.15, -0.1) is 0 Å². The molecule has 0 fully saturated rings. The zero-order valence-corrected chi connectivity index (χ0v) is 15.0. The normalized spacial score (nSPS) is 13.1. The number of carboxylic acids is 1. The molecule has 3 rings (SSSR count). The zero-order valence-electron chi connectivity index (χ0n) is 13.4. The molecule has 0 saturated carbocycles. The van der Waals surface area contributed by atoms with Gasteiger partial charge in [-0.1, -0.05) is 28.1 Å². The minimum absolute atomic E-state index is 0.0811. The van der Waals surface area contributed by atoms with Crippen molar-refractivity contribution in [1.29, 1.82) is 0 Å². The summed E-state index contributed by atoms with van der Waals surface area (Å²) in [6.07, 6.45) is -3.84. The first-order valence-electron chi connectivity index (χ1n) is 7.77. The van der Waals surface area contributed by atoms with Gasteiger partial charge in [0.1, 0.15) is 0 Å². The molecule has 0 spiro atoms. The van der Waals surface area contributed by atoms with Gasteiger partial charge in [-0.05, 0) is 42.3 Å². The van der Waals surface area contributed by atoms with Crippen molar-refractivity contribution in [1.82, 2.24) is 9.78 Å². The van der Waals surface area contributed by atoms with E-state index in [0.29, 0.717) is 11.1 Å². The molecule has 0 aliphatic rings. The van der Waals surface area contributed by atoms with Crippen LogP contribution in [0.15, 0.2) is 53.1 Å². The number of nitrogens with zero attached hydrogens (tertiary/aromatic N) is 2. The molecule has 0 saturated heterocycles. The van der Waals surface area contributed by atoms with Gasteiger partial charge in [0.2, 0.25) is 0 Å². The molecular weight excluding hydrogens is 413 g/mol. The van der Waals surface area contributed by atoms with Crippen LogP contribution in [-0.2, 0) is 0 Å². The maximum Gasteiger partial charge on any atom is 0.389 e. The van der Waals surface area contributed by atoms with Crippen LogP contribution in [0.4, 0.5) is 13.2 Å². The highest BCUT2D eigenvalue weighted by molar-refractivity contribution is 9.10. The van der Waals surface area contributed by atoms with Gasteiger partial charge in [-0.3, -0.25) is 4.68 Å². The van der Waals surface area contributed by atoms with Crippen LogP contribution in [0.2, 0.25) is 0 Å². The molecule has 1 heterocycles. The number of rotatable bonds is 5. The lowest BCUT2D eigenvalue weighted by molar-refractivity contribution is -0.136. The Labute approximate surface area is 155 Å². The molecular formula is C18H14BrF3N2O2. The summed E-state index contributed by atoms with van der Waals surface area (Å²) in [5.41, 5.74) is 1.37. The van der Waals surface area contributed by atoms with E-state index in [9.17, 15) is 18.0 Å². The van der Waals surface area contributed by atoms with Crippen molar-refractivity contribution in [2.24, 2.45) is 0 Å². The molecule has 0 amide bonds. The van der Waals surface area contributed by atoms with Crippen LogP contribution in [0, 0.1) is 0 Å². The van der Waals surface area contributed by atoms with E-state index in [1.165, 1.54) is 24.3 Å². The summed E-state index contributed by atoms with van der Waals surface area (Å²) in [6.45, 7) is 0. The second-order valence-corrected chi connectivity index (χ2v) is 6.80. The summed E-state index contributed by atoms with van der Waals surface area (Å²) in [7, 11) is 0. The maximum atomic E-state index is 12.8. The van der Waals surface area contributed by atoms with Crippen molar-refractivity contribution in [3.05, 3.63) is 64.3 Å². The van der Waals surface area contributed by atoms with Crippen LogP contribution >= 0.6 is 15.9 Å². The van der Waals surface area contributed by atoms with Gasteiger partial charge < -0.3 is 5.11 Å². The summed E-state index contributed by atoms with van der Waals surface area (Å²) in [6, 6.07) is 10.6. The van der Waals surface area contributed by atoms with Crippen molar-refractivity contribution >= 4 is 32.8 Å². The fraction of sp³-hybridized carbons (Fsp3) is 0.222. The number of benzene rings is 2. The Balaban J connectivity index is 2.03. The average molecular weight is 427 g/mol. The summed E-state index contributed by atoms with van der Waals surface area (Å²) >= 11 is 3.36. The number of fused-ring (bicyclic) bond motifs is 1. The van der Waals surface area contributed by atoms with Crippen molar-refractivity contribution in [3.8, 4) is 0 Å². The van der Waals surface area contributed by atoms with Gasteiger partial charge in [0.05, 0.1) is 23.3 Å². The molecule has 0 bridgehead atoms. The Bertz CT molecular complexity index is 936. The summed E-state index contributed by atoms with van der Waals surface area (Å²) in [5, 5.41) is 14.1. The molecule has 0 radical (unpaired) electrons. The Morgan fingerprint density at radius 3 is 2.50 bits per heavy atom. The number of aromatic carboxylic acids is 1. The molecule has 1 unspecified atom stereocenters. The van der Waals surface area contributed by atoms with Gasteiger partial charge in [-0.25, -0.2) is 4.79 Å². The monoisotopic (exact) mass is 426 g/mol. The minimum Gasteiger partial charge on any atom is -0.478 e. The molecule has 0 aliphatic carbocycles. The lowest BCUT2D eigenvalue weighted by Gasteiger charge is -2.20. The third-order valence-corrected chi connectivity index (χ3v) is 4.59. The van der Waals surface area contributed by atoms with Gasteiger partial charge in [0.25, 0.3) is 0 Å². The Kier molecular flexibility index (Phi) is 5.04. The van der Waals surface area contributed by atoms with Gasteiger partial charge in [0, 0.05) is 16.3 Å². The first-order chi connectivity index (χ1) is 12.2. The van der Waals surface area contributed by atoms with Crippen molar-refractivity contribution in [2.45, 2.75) is 25.1 Å². The van der Waals surface area contributed by atoms with Crippen LogP contribution < -0.4 is 0 Å². The van der Waals surface area contributed by atoms with Crippen molar-refractivity contribution < 1.29 is 23.1 Å². The highest BCUT2D eigenvalue weighted by Gasteiger charge is 2.30. The van der Waals surface area contributed by atoms with E-state index in [1.54, 1.807) is 23.0 Å². The highest BCUT2D eigenvalue weighted by Crippen LogP contribution is 2.32. The molecule has 1 aromatic heterocycles. The molecule has 26 heavy (non-hydrogen) atoms. The van der Waals surface area contributed by atoms with Gasteiger partial charge >= 0.3 is 12.1 Å². The molecule has 2 aromatic carbocycles. The smallest absolute Gasteiger partial charge is 0.389 e. The van der Waals surface area contributed by atoms with Gasteiger partial charge in [-0.2, -0.15) is 18.3 Å². The summed E-state index contributed by atoms with van der Waals surface area (Å²) in [4.78, 5) is 11.0. The predicted molar refractivity (Wildman–Crippen MR) is 94.3 cm³/mol. The SMILES string of the molecule is O=C(O)c1ccc(C(CCC(F)(F)F)n2ncc3cc(Br)ccc32)cc1. The van der Waals surface area contributed by atoms with Crippen LogP contribution in [0.3, 0.4) is 0 Å². The van der Waals surface area contributed by atoms with Gasteiger partial charge in [0.15, 0.2) is 0 Å². The lowest BCUT2D eigenvalue weighted by Crippen LogP contribution is -2.17. The molecule has 136 valence electrons. The van der Waals surface area contributed by atoms with Crippen LogP contribution in [0.25, 0.3) is 10.9 Å². The van der Waals surface area contributed by atoms with E-state index in [4.69, 9.17) is 5.11 Å². The summed E-state index contributed by atoms with van der Waals surface area (Å²) < 4.78 is 40.8. The average Bonchev–Trinajstić information content (AvgIpc) is 2.97. The molecule has 1 N–H and O–H groups in total. The van der Waals surface area contributed by atoms with E-state index in [2.05, 4.69) is 21.0 Å². The standard InChI is InChI=1S/C18H14BrF3N2O2/c19-14-5-6-15-13(9-14)10-23-24(15)16(7-8-18(20,21)22)11-1-3-12(4-2-11)17(25)26/h1-6,9-10,16H,7-8H2,(H,25,26). The number of carbonyl (C=O) groups is 1. The summed E-state index contributed by atoms with van der Waals surface area (Å²) in [5.74, 6) is -1.09. The minimum atomic E-state index is -4.29. The number of halogens is 4. The lowest BCUT2D eigenvalue weighted by atomic mass is 10.00. The van der Waals surface area contributed by atoms with Crippen molar-refractivity contribution in [2.75, 3.05) is 0 Å². The largest absolute Gasteiger partial charge is 0.478 e.